The average molecular weight is 458 g/mol. The van der Waals surface area contributed by atoms with Crippen LogP contribution in [0.15, 0.2) is 60.9 Å². The summed E-state index contributed by atoms with van der Waals surface area (Å²) in [5, 5.41) is 3.58. The molecule has 1 amide bonds. The number of hydrogen-bond acceptors (Lipinski definition) is 6. The first-order valence-electron chi connectivity index (χ1n) is 9.83. The number of ether oxygens (including phenoxy) is 1. The number of anilines is 3. The van der Waals surface area contributed by atoms with Gasteiger partial charge in [-0.05, 0) is 30.3 Å². The van der Waals surface area contributed by atoms with E-state index in [2.05, 4.69) is 37.2 Å². The van der Waals surface area contributed by atoms with Crippen LogP contribution in [-0.2, 0) is 4.79 Å². The second kappa shape index (κ2) is 9.85. The molecule has 0 atom stereocenters. The molecule has 1 aliphatic rings. The number of aromatic nitrogens is 2. The van der Waals surface area contributed by atoms with Crippen molar-refractivity contribution in [2.75, 3.05) is 47.9 Å². The van der Waals surface area contributed by atoms with Crippen molar-refractivity contribution in [3.8, 4) is 5.75 Å². The van der Waals surface area contributed by atoms with Gasteiger partial charge in [0.2, 0.25) is 0 Å². The third kappa shape index (κ3) is 5.57. The highest BCUT2D eigenvalue weighted by Crippen LogP contribution is 2.27. The Morgan fingerprint density at radius 2 is 1.71 bits per heavy atom. The molecule has 0 spiro atoms. The molecule has 0 radical (unpaired) electrons. The summed E-state index contributed by atoms with van der Waals surface area (Å²) in [6.07, 6.45) is 1.45. The Hall–Kier alpha value is -3.03. The molecule has 160 valence electrons. The van der Waals surface area contributed by atoms with Gasteiger partial charge in [-0.3, -0.25) is 4.79 Å². The van der Waals surface area contributed by atoms with Crippen LogP contribution >= 0.6 is 23.2 Å². The minimum Gasteiger partial charge on any atom is -0.482 e. The minimum absolute atomic E-state index is 0.198. The average Bonchev–Trinajstić information content (AvgIpc) is 2.79. The van der Waals surface area contributed by atoms with Crippen molar-refractivity contribution in [2.45, 2.75) is 0 Å². The summed E-state index contributed by atoms with van der Waals surface area (Å²) in [4.78, 5) is 25.3. The predicted octanol–water partition coefficient (Wildman–Crippen LogP) is 4.13. The van der Waals surface area contributed by atoms with Gasteiger partial charge in [0, 0.05) is 43.0 Å². The number of benzene rings is 2. The lowest BCUT2D eigenvalue weighted by atomic mass is 10.2. The SMILES string of the molecule is O=C(COc1ccc(Cl)cc1Cl)Nc1cc(N2CCN(c3ccccc3)CC2)ncn1. The zero-order valence-corrected chi connectivity index (χ0v) is 18.2. The molecule has 0 saturated carbocycles. The monoisotopic (exact) mass is 457 g/mol. The molecule has 2 heterocycles. The van der Waals surface area contributed by atoms with Crippen LogP contribution in [0.4, 0.5) is 17.3 Å². The Morgan fingerprint density at radius 1 is 0.968 bits per heavy atom. The number of nitrogens with zero attached hydrogens (tertiary/aromatic N) is 4. The van der Waals surface area contributed by atoms with Crippen molar-refractivity contribution in [3.05, 3.63) is 71.0 Å². The van der Waals surface area contributed by atoms with E-state index in [1.165, 1.54) is 12.0 Å². The number of halogens is 2. The summed E-state index contributed by atoms with van der Waals surface area (Å²) >= 11 is 11.9. The van der Waals surface area contributed by atoms with Crippen molar-refractivity contribution in [3.63, 3.8) is 0 Å². The highest BCUT2D eigenvalue weighted by Gasteiger charge is 2.19. The van der Waals surface area contributed by atoms with Gasteiger partial charge in [-0.15, -0.1) is 0 Å². The number of nitrogens with one attached hydrogen (secondary N) is 1. The number of amides is 1. The first-order chi connectivity index (χ1) is 15.1. The molecular weight excluding hydrogens is 437 g/mol. The fraction of sp³-hybridized carbons (Fsp3) is 0.227. The van der Waals surface area contributed by atoms with Gasteiger partial charge < -0.3 is 19.9 Å². The molecule has 4 rings (SSSR count). The van der Waals surface area contributed by atoms with Crippen LogP contribution in [-0.4, -0.2) is 48.7 Å². The molecule has 1 aliphatic heterocycles. The van der Waals surface area contributed by atoms with E-state index in [0.717, 1.165) is 32.0 Å². The standard InChI is InChI=1S/C22H21Cl2N5O2/c23-16-6-7-19(18(24)12-16)31-14-22(30)27-20-13-21(26-15-25-20)29-10-8-28(9-11-29)17-4-2-1-3-5-17/h1-7,12-13,15H,8-11,14H2,(H,25,26,27,30). The smallest absolute Gasteiger partial charge is 0.263 e. The largest absolute Gasteiger partial charge is 0.482 e. The fourth-order valence-corrected chi connectivity index (χ4v) is 3.80. The number of rotatable bonds is 6. The zero-order chi connectivity index (χ0) is 21.6. The molecule has 1 fully saturated rings. The molecular formula is C22H21Cl2N5O2. The predicted molar refractivity (Wildman–Crippen MR) is 123 cm³/mol. The van der Waals surface area contributed by atoms with E-state index < -0.39 is 0 Å². The second-order valence-electron chi connectivity index (χ2n) is 6.98. The van der Waals surface area contributed by atoms with Crippen molar-refractivity contribution < 1.29 is 9.53 Å². The van der Waals surface area contributed by atoms with E-state index in [0.29, 0.717) is 21.6 Å². The van der Waals surface area contributed by atoms with Gasteiger partial charge in [-0.1, -0.05) is 41.4 Å². The van der Waals surface area contributed by atoms with Gasteiger partial charge in [0.05, 0.1) is 5.02 Å². The van der Waals surface area contributed by atoms with Gasteiger partial charge in [-0.2, -0.15) is 0 Å². The molecule has 0 unspecified atom stereocenters. The first kappa shape index (κ1) is 21.2. The summed E-state index contributed by atoms with van der Waals surface area (Å²) in [5.41, 5.74) is 1.22. The normalized spacial score (nSPS) is 13.7. The summed E-state index contributed by atoms with van der Waals surface area (Å²) in [6.45, 7) is 3.25. The van der Waals surface area contributed by atoms with E-state index in [1.54, 1.807) is 24.3 Å². The van der Waals surface area contributed by atoms with E-state index in [-0.39, 0.29) is 12.5 Å². The quantitative estimate of drug-likeness (QED) is 0.599. The maximum atomic E-state index is 12.3. The maximum Gasteiger partial charge on any atom is 0.263 e. The molecule has 3 aromatic rings. The summed E-state index contributed by atoms with van der Waals surface area (Å²) in [6, 6.07) is 16.9. The second-order valence-corrected chi connectivity index (χ2v) is 7.83. The van der Waals surface area contributed by atoms with Crippen LogP contribution in [0.1, 0.15) is 0 Å². The van der Waals surface area contributed by atoms with Crippen LogP contribution < -0.4 is 19.9 Å². The van der Waals surface area contributed by atoms with Crippen molar-refractivity contribution in [2.24, 2.45) is 0 Å². The topological polar surface area (TPSA) is 70.6 Å². The van der Waals surface area contributed by atoms with Crippen molar-refractivity contribution in [1.29, 1.82) is 0 Å². The van der Waals surface area contributed by atoms with E-state index in [9.17, 15) is 4.79 Å². The summed E-state index contributed by atoms with van der Waals surface area (Å²) < 4.78 is 5.46. The van der Waals surface area contributed by atoms with E-state index >= 15 is 0 Å². The molecule has 1 saturated heterocycles. The van der Waals surface area contributed by atoms with Gasteiger partial charge in [-0.25, -0.2) is 9.97 Å². The van der Waals surface area contributed by atoms with Crippen LogP contribution in [0.3, 0.4) is 0 Å². The Bertz CT molecular complexity index is 1040. The highest BCUT2D eigenvalue weighted by molar-refractivity contribution is 6.35. The molecule has 9 heteroatoms. The number of hydrogen-bond donors (Lipinski definition) is 1. The van der Waals surface area contributed by atoms with Crippen molar-refractivity contribution >= 4 is 46.4 Å². The summed E-state index contributed by atoms with van der Waals surface area (Å²) in [5.74, 6) is 1.25. The minimum atomic E-state index is -0.343. The maximum absolute atomic E-state index is 12.3. The van der Waals surface area contributed by atoms with Crippen molar-refractivity contribution in [1.82, 2.24) is 9.97 Å². The number of para-hydroxylation sites is 1. The lowest BCUT2D eigenvalue weighted by Crippen LogP contribution is -2.46. The molecule has 0 aliphatic carbocycles. The molecule has 2 aromatic carbocycles. The van der Waals surface area contributed by atoms with Crippen LogP contribution in [0.25, 0.3) is 0 Å². The Labute approximate surface area is 190 Å². The zero-order valence-electron chi connectivity index (χ0n) is 16.7. The first-order valence-corrected chi connectivity index (χ1v) is 10.6. The third-order valence-electron chi connectivity index (χ3n) is 4.90. The van der Waals surface area contributed by atoms with E-state index in [4.69, 9.17) is 27.9 Å². The Morgan fingerprint density at radius 3 is 2.45 bits per heavy atom. The third-order valence-corrected chi connectivity index (χ3v) is 5.43. The lowest BCUT2D eigenvalue weighted by molar-refractivity contribution is -0.118. The lowest BCUT2D eigenvalue weighted by Gasteiger charge is -2.36. The molecule has 1 aromatic heterocycles. The highest BCUT2D eigenvalue weighted by atomic mass is 35.5. The molecule has 31 heavy (non-hydrogen) atoms. The number of piperazine rings is 1. The van der Waals surface area contributed by atoms with E-state index in [1.807, 2.05) is 18.2 Å². The Kier molecular flexibility index (Phi) is 6.74. The Balaban J connectivity index is 1.31. The molecule has 7 nitrogen and oxygen atoms in total. The van der Waals surface area contributed by atoms with Crippen LogP contribution in [0, 0.1) is 0 Å². The molecule has 1 N–H and O–H groups in total. The van der Waals surface area contributed by atoms with Crippen LogP contribution in [0.2, 0.25) is 10.0 Å². The van der Waals surface area contributed by atoms with Gasteiger partial charge >= 0.3 is 0 Å². The summed E-state index contributed by atoms with van der Waals surface area (Å²) in [7, 11) is 0. The number of carbonyl (C=O) groups is 1. The van der Waals surface area contributed by atoms with Gasteiger partial charge in [0.1, 0.15) is 23.7 Å². The van der Waals surface area contributed by atoms with Crippen LogP contribution in [0.5, 0.6) is 5.75 Å². The van der Waals surface area contributed by atoms with Gasteiger partial charge in [0.15, 0.2) is 6.61 Å². The fourth-order valence-electron chi connectivity index (χ4n) is 3.34. The van der Waals surface area contributed by atoms with Gasteiger partial charge in [0.25, 0.3) is 5.91 Å². The molecule has 0 bridgehead atoms. The number of carbonyl (C=O) groups excluding carboxylic acids is 1.